The summed E-state index contributed by atoms with van der Waals surface area (Å²) >= 11 is 3.40. The van der Waals surface area contributed by atoms with Gasteiger partial charge in [-0.3, -0.25) is 4.79 Å². The van der Waals surface area contributed by atoms with Gasteiger partial charge in [0.2, 0.25) is 0 Å². The van der Waals surface area contributed by atoms with Crippen molar-refractivity contribution in [2.24, 2.45) is 0 Å². The zero-order valence-corrected chi connectivity index (χ0v) is 10.0. The van der Waals surface area contributed by atoms with E-state index in [-0.39, 0.29) is 11.9 Å². The van der Waals surface area contributed by atoms with Crippen LogP contribution in [0.3, 0.4) is 0 Å². The average Bonchev–Trinajstić information content (AvgIpc) is 2.60. The first kappa shape index (κ1) is 10.5. The number of esters is 1. The third kappa shape index (κ3) is 2.00. The molecule has 1 aromatic rings. The standard InChI is InChI=1S/C11H12BrNO2/c1-2-15-11(14)9-6-13-10-4-3-7(12)5-8(9)10/h3-5,9,13H,2,6H2,1H3. The Morgan fingerprint density at radius 3 is 3.20 bits per heavy atom. The molecule has 1 aliphatic rings. The molecule has 0 aliphatic carbocycles. The summed E-state index contributed by atoms with van der Waals surface area (Å²) in [5.41, 5.74) is 2.04. The van der Waals surface area contributed by atoms with E-state index in [1.807, 2.05) is 25.1 Å². The summed E-state index contributed by atoms with van der Waals surface area (Å²) in [6, 6.07) is 5.90. The first-order valence-corrected chi connectivity index (χ1v) is 5.71. The van der Waals surface area contributed by atoms with Crippen LogP contribution in [0.2, 0.25) is 0 Å². The van der Waals surface area contributed by atoms with Crippen molar-refractivity contribution in [3.8, 4) is 0 Å². The second-order valence-electron chi connectivity index (χ2n) is 3.42. The number of ether oxygens (including phenoxy) is 1. The Hall–Kier alpha value is -1.03. The molecule has 2 rings (SSSR count). The number of carbonyl (C=O) groups is 1. The second-order valence-corrected chi connectivity index (χ2v) is 4.33. The maximum atomic E-state index is 11.6. The fourth-order valence-corrected chi connectivity index (χ4v) is 2.14. The minimum absolute atomic E-state index is 0.151. The number of anilines is 1. The second kappa shape index (κ2) is 4.23. The largest absolute Gasteiger partial charge is 0.465 e. The van der Waals surface area contributed by atoms with Crippen LogP contribution in [0, 0.1) is 0 Å². The summed E-state index contributed by atoms with van der Waals surface area (Å²) in [7, 11) is 0. The summed E-state index contributed by atoms with van der Waals surface area (Å²) in [6.07, 6.45) is 0. The van der Waals surface area contributed by atoms with Gasteiger partial charge < -0.3 is 10.1 Å². The van der Waals surface area contributed by atoms with E-state index >= 15 is 0 Å². The van der Waals surface area contributed by atoms with E-state index in [4.69, 9.17) is 4.74 Å². The molecule has 0 saturated carbocycles. The number of halogens is 1. The van der Waals surface area contributed by atoms with Crippen molar-refractivity contribution >= 4 is 27.6 Å². The van der Waals surface area contributed by atoms with E-state index in [2.05, 4.69) is 21.2 Å². The van der Waals surface area contributed by atoms with Crippen LogP contribution in [0.1, 0.15) is 18.4 Å². The Balaban J connectivity index is 2.27. The molecule has 4 heteroatoms. The molecule has 1 N–H and O–H groups in total. The molecule has 3 nitrogen and oxygen atoms in total. The fraction of sp³-hybridized carbons (Fsp3) is 0.364. The molecule has 0 fully saturated rings. The van der Waals surface area contributed by atoms with Gasteiger partial charge >= 0.3 is 5.97 Å². The van der Waals surface area contributed by atoms with Crippen molar-refractivity contribution in [3.63, 3.8) is 0 Å². The zero-order valence-electron chi connectivity index (χ0n) is 8.42. The van der Waals surface area contributed by atoms with Gasteiger partial charge in [0.25, 0.3) is 0 Å². The van der Waals surface area contributed by atoms with Crippen LogP contribution in [0.4, 0.5) is 5.69 Å². The van der Waals surface area contributed by atoms with Gasteiger partial charge in [-0.05, 0) is 30.7 Å². The molecular formula is C11H12BrNO2. The number of hydrogen-bond acceptors (Lipinski definition) is 3. The molecule has 0 aromatic heterocycles. The van der Waals surface area contributed by atoms with Crippen LogP contribution in [0.5, 0.6) is 0 Å². The van der Waals surface area contributed by atoms with Crippen LogP contribution in [0.15, 0.2) is 22.7 Å². The van der Waals surface area contributed by atoms with Crippen LogP contribution in [-0.4, -0.2) is 19.1 Å². The molecule has 15 heavy (non-hydrogen) atoms. The van der Waals surface area contributed by atoms with Gasteiger partial charge in [-0.25, -0.2) is 0 Å². The lowest BCUT2D eigenvalue weighted by Gasteiger charge is -2.08. The van der Waals surface area contributed by atoms with Crippen molar-refractivity contribution in [3.05, 3.63) is 28.2 Å². The lowest BCUT2D eigenvalue weighted by molar-refractivity contribution is -0.144. The fourth-order valence-electron chi connectivity index (χ4n) is 1.76. The highest BCUT2D eigenvalue weighted by Gasteiger charge is 2.29. The molecule has 1 aliphatic heterocycles. The van der Waals surface area contributed by atoms with Crippen molar-refractivity contribution in [1.29, 1.82) is 0 Å². The molecule has 0 amide bonds. The number of nitrogens with one attached hydrogen (secondary N) is 1. The molecule has 1 atom stereocenters. The number of hydrogen-bond donors (Lipinski definition) is 1. The normalized spacial score (nSPS) is 18.1. The summed E-state index contributed by atoms with van der Waals surface area (Å²) in [5.74, 6) is -0.320. The van der Waals surface area contributed by atoms with Crippen LogP contribution in [0.25, 0.3) is 0 Å². The Bertz CT molecular complexity index is 392. The zero-order chi connectivity index (χ0) is 10.8. The molecular weight excluding hydrogens is 258 g/mol. The minimum Gasteiger partial charge on any atom is -0.465 e. The molecule has 80 valence electrons. The minimum atomic E-state index is -0.169. The van der Waals surface area contributed by atoms with E-state index in [1.165, 1.54) is 0 Å². The summed E-state index contributed by atoms with van der Waals surface area (Å²) < 4.78 is 6.01. The number of carbonyl (C=O) groups excluding carboxylic acids is 1. The third-order valence-corrected chi connectivity index (χ3v) is 2.95. The van der Waals surface area contributed by atoms with Gasteiger partial charge in [0.1, 0.15) is 5.92 Å². The van der Waals surface area contributed by atoms with Gasteiger partial charge in [-0.1, -0.05) is 15.9 Å². The van der Waals surface area contributed by atoms with Gasteiger partial charge in [-0.2, -0.15) is 0 Å². The first-order chi connectivity index (χ1) is 7.22. The predicted octanol–water partition coefficient (Wildman–Crippen LogP) is 2.52. The average molecular weight is 270 g/mol. The van der Waals surface area contributed by atoms with E-state index in [0.717, 1.165) is 15.7 Å². The van der Waals surface area contributed by atoms with Gasteiger partial charge in [-0.15, -0.1) is 0 Å². The molecule has 1 heterocycles. The lowest BCUT2D eigenvalue weighted by Crippen LogP contribution is -2.17. The predicted molar refractivity (Wildman–Crippen MR) is 62.0 cm³/mol. The van der Waals surface area contributed by atoms with Crippen LogP contribution in [-0.2, 0) is 9.53 Å². The van der Waals surface area contributed by atoms with Crippen molar-refractivity contribution < 1.29 is 9.53 Å². The molecule has 1 aromatic carbocycles. The van der Waals surface area contributed by atoms with E-state index in [0.29, 0.717) is 13.2 Å². The molecule has 0 radical (unpaired) electrons. The topological polar surface area (TPSA) is 38.3 Å². The molecule has 0 spiro atoms. The molecule has 0 bridgehead atoms. The van der Waals surface area contributed by atoms with Crippen LogP contribution >= 0.6 is 15.9 Å². The lowest BCUT2D eigenvalue weighted by atomic mass is 10.0. The highest BCUT2D eigenvalue weighted by molar-refractivity contribution is 9.10. The van der Waals surface area contributed by atoms with Gasteiger partial charge in [0.05, 0.1) is 6.61 Å². The number of benzene rings is 1. The van der Waals surface area contributed by atoms with E-state index in [9.17, 15) is 4.79 Å². The van der Waals surface area contributed by atoms with E-state index in [1.54, 1.807) is 0 Å². The Kier molecular flexibility index (Phi) is 2.95. The Morgan fingerprint density at radius 1 is 1.67 bits per heavy atom. The number of rotatable bonds is 2. The Labute approximate surface area is 96.9 Å². The maximum absolute atomic E-state index is 11.6. The van der Waals surface area contributed by atoms with Crippen molar-refractivity contribution in [1.82, 2.24) is 0 Å². The quantitative estimate of drug-likeness (QED) is 0.839. The van der Waals surface area contributed by atoms with Crippen LogP contribution < -0.4 is 5.32 Å². The molecule has 1 unspecified atom stereocenters. The first-order valence-electron chi connectivity index (χ1n) is 4.92. The summed E-state index contributed by atoms with van der Waals surface area (Å²) in [4.78, 5) is 11.6. The summed E-state index contributed by atoms with van der Waals surface area (Å²) in [5, 5.41) is 3.20. The Morgan fingerprint density at radius 2 is 2.47 bits per heavy atom. The smallest absolute Gasteiger partial charge is 0.315 e. The number of fused-ring (bicyclic) bond motifs is 1. The van der Waals surface area contributed by atoms with Gasteiger partial charge in [0, 0.05) is 16.7 Å². The summed E-state index contributed by atoms with van der Waals surface area (Å²) in [6.45, 7) is 2.88. The van der Waals surface area contributed by atoms with Crippen molar-refractivity contribution in [2.75, 3.05) is 18.5 Å². The highest BCUT2D eigenvalue weighted by Crippen LogP contribution is 2.34. The molecule has 0 saturated heterocycles. The third-order valence-electron chi connectivity index (χ3n) is 2.46. The van der Waals surface area contributed by atoms with E-state index < -0.39 is 0 Å². The van der Waals surface area contributed by atoms with Crippen molar-refractivity contribution in [2.45, 2.75) is 12.8 Å². The van der Waals surface area contributed by atoms with Gasteiger partial charge in [0.15, 0.2) is 0 Å². The monoisotopic (exact) mass is 269 g/mol. The maximum Gasteiger partial charge on any atom is 0.315 e. The SMILES string of the molecule is CCOC(=O)C1CNc2ccc(Br)cc21. The highest BCUT2D eigenvalue weighted by atomic mass is 79.9.